The highest BCUT2D eigenvalue weighted by Gasteiger charge is 2.20. The fourth-order valence-electron chi connectivity index (χ4n) is 2.95. The first-order valence-corrected chi connectivity index (χ1v) is 9.69. The molecule has 2 aromatic carbocycles. The largest absolute Gasteiger partial charge is 0.482 e. The monoisotopic (exact) mass is 418 g/mol. The smallest absolute Gasteiger partial charge is 0.166 e. The third kappa shape index (κ3) is 4.23. The molecule has 0 aliphatic carbocycles. The van der Waals surface area contributed by atoms with Crippen LogP contribution >= 0.6 is 23.2 Å². The van der Waals surface area contributed by atoms with Gasteiger partial charge in [-0.1, -0.05) is 61.3 Å². The van der Waals surface area contributed by atoms with Gasteiger partial charge in [-0.3, -0.25) is 0 Å². The van der Waals surface area contributed by atoms with Crippen LogP contribution in [0.15, 0.2) is 48.7 Å². The summed E-state index contributed by atoms with van der Waals surface area (Å²) in [7, 11) is 0. The van der Waals surface area contributed by atoms with Crippen LogP contribution in [0.4, 0.5) is 10.2 Å². The van der Waals surface area contributed by atoms with Crippen molar-refractivity contribution in [2.75, 3.05) is 5.73 Å². The molecule has 0 radical (unpaired) electrons. The van der Waals surface area contributed by atoms with Gasteiger partial charge >= 0.3 is 0 Å². The minimum absolute atomic E-state index is 0.0627. The molecule has 0 amide bonds. The number of anilines is 1. The van der Waals surface area contributed by atoms with E-state index in [1.165, 1.54) is 17.7 Å². The topological polar surface area (TPSA) is 48.1 Å². The van der Waals surface area contributed by atoms with Gasteiger partial charge in [-0.2, -0.15) is 0 Å². The molecule has 3 rings (SSSR count). The molecule has 6 heteroatoms. The van der Waals surface area contributed by atoms with Crippen molar-refractivity contribution in [2.45, 2.75) is 32.8 Å². The first kappa shape index (κ1) is 20.4. The Bertz CT molecular complexity index is 1010. The molecule has 3 aromatic rings. The van der Waals surface area contributed by atoms with E-state index in [4.69, 9.17) is 33.7 Å². The van der Waals surface area contributed by atoms with Gasteiger partial charge in [0.2, 0.25) is 0 Å². The molecule has 0 saturated carbocycles. The van der Waals surface area contributed by atoms with Crippen LogP contribution in [-0.2, 0) is 0 Å². The minimum Gasteiger partial charge on any atom is -0.482 e. The van der Waals surface area contributed by atoms with E-state index in [9.17, 15) is 4.39 Å². The first-order chi connectivity index (χ1) is 13.3. The molecule has 0 aliphatic heterocycles. The fourth-order valence-corrected chi connectivity index (χ4v) is 3.63. The molecule has 2 N–H and O–H groups in total. The summed E-state index contributed by atoms with van der Waals surface area (Å²) in [6.07, 6.45) is 1.09. The predicted octanol–water partition coefficient (Wildman–Crippen LogP) is 7.04. The molecule has 0 bridgehead atoms. The van der Waals surface area contributed by atoms with Crippen molar-refractivity contribution >= 4 is 29.0 Å². The lowest BCUT2D eigenvalue weighted by Gasteiger charge is -2.19. The van der Waals surface area contributed by atoms with E-state index in [1.54, 1.807) is 13.1 Å². The van der Waals surface area contributed by atoms with Crippen molar-refractivity contribution in [1.82, 2.24) is 4.98 Å². The summed E-state index contributed by atoms with van der Waals surface area (Å²) in [5.41, 5.74) is 9.48. The van der Waals surface area contributed by atoms with E-state index in [2.05, 4.69) is 31.0 Å². The van der Waals surface area contributed by atoms with Crippen molar-refractivity contribution in [3.63, 3.8) is 0 Å². The lowest BCUT2D eigenvalue weighted by Crippen LogP contribution is -2.08. The van der Waals surface area contributed by atoms with Crippen molar-refractivity contribution in [3.8, 4) is 16.9 Å². The van der Waals surface area contributed by atoms with E-state index in [-0.39, 0.29) is 10.8 Å². The first-order valence-electron chi connectivity index (χ1n) is 8.93. The van der Waals surface area contributed by atoms with Crippen molar-refractivity contribution < 1.29 is 9.13 Å². The standard InChI is InChI=1S/C22H21Cl2FN2O/c1-12(2)14-5-4-6-15(9-14)16-10-19(22(26)27-11-16)28-13(3)20-17(23)7-8-18(25)21(20)24/h4-13H,1-3H3,(H2,26,27). The van der Waals surface area contributed by atoms with Crippen molar-refractivity contribution in [3.05, 3.63) is 75.7 Å². The van der Waals surface area contributed by atoms with Crippen LogP contribution in [0.3, 0.4) is 0 Å². The van der Waals surface area contributed by atoms with Crippen LogP contribution in [0.25, 0.3) is 11.1 Å². The summed E-state index contributed by atoms with van der Waals surface area (Å²) in [5.74, 6) is 0.479. The molecule has 0 saturated heterocycles. The number of aromatic nitrogens is 1. The second-order valence-electron chi connectivity index (χ2n) is 6.90. The second-order valence-corrected chi connectivity index (χ2v) is 7.69. The van der Waals surface area contributed by atoms with Gasteiger partial charge in [-0.25, -0.2) is 9.37 Å². The van der Waals surface area contributed by atoms with Gasteiger partial charge in [0.15, 0.2) is 11.6 Å². The summed E-state index contributed by atoms with van der Waals surface area (Å²) in [4.78, 5) is 4.25. The SMILES string of the molecule is CC(C)c1cccc(-c2cnc(N)c(OC(C)c3c(Cl)ccc(F)c3Cl)c2)c1. The number of ether oxygens (including phenoxy) is 1. The number of pyridine rings is 1. The van der Waals surface area contributed by atoms with E-state index in [0.29, 0.717) is 22.3 Å². The number of halogens is 3. The maximum atomic E-state index is 13.8. The normalized spacial score (nSPS) is 12.2. The number of rotatable bonds is 5. The highest BCUT2D eigenvalue weighted by Crippen LogP contribution is 2.37. The van der Waals surface area contributed by atoms with Crippen LogP contribution in [-0.4, -0.2) is 4.98 Å². The Kier molecular flexibility index (Phi) is 6.11. The average Bonchev–Trinajstić information content (AvgIpc) is 2.67. The molecular weight excluding hydrogens is 398 g/mol. The van der Waals surface area contributed by atoms with Gasteiger partial charge in [0.1, 0.15) is 11.9 Å². The molecule has 1 atom stereocenters. The van der Waals surface area contributed by atoms with Crippen LogP contribution in [0, 0.1) is 5.82 Å². The second kappa shape index (κ2) is 8.38. The zero-order valence-electron chi connectivity index (χ0n) is 15.8. The average molecular weight is 419 g/mol. The summed E-state index contributed by atoms with van der Waals surface area (Å²) in [6, 6.07) is 12.7. The Balaban J connectivity index is 1.95. The van der Waals surface area contributed by atoms with Crippen LogP contribution in [0.5, 0.6) is 5.75 Å². The quantitative estimate of drug-likeness (QED) is 0.451. The number of hydrogen-bond acceptors (Lipinski definition) is 3. The Morgan fingerprint density at radius 3 is 2.50 bits per heavy atom. The summed E-state index contributed by atoms with van der Waals surface area (Å²) in [5, 5.41) is 0.263. The zero-order chi connectivity index (χ0) is 20.4. The van der Waals surface area contributed by atoms with Gasteiger partial charge in [0.25, 0.3) is 0 Å². The molecule has 146 valence electrons. The maximum absolute atomic E-state index is 13.8. The Hall–Kier alpha value is -2.30. The number of hydrogen-bond donors (Lipinski definition) is 1. The molecule has 0 spiro atoms. The van der Waals surface area contributed by atoms with Crippen LogP contribution in [0.2, 0.25) is 10.0 Å². The molecule has 1 unspecified atom stereocenters. The Morgan fingerprint density at radius 1 is 1.04 bits per heavy atom. The Morgan fingerprint density at radius 2 is 1.79 bits per heavy atom. The van der Waals surface area contributed by atoms with Crippen LogP contribution < -0.4 is 10.5 Å². The summed E-state index contributed by atoms with van der Waals surface area (Å²) in [6.45, 7) is 6.02. The molecule has 0 aliphatic rings. The summed E-state index contributed by atoms with van der Waals surface area (Å²) < 4.78 is 19.8. The molecule has 1 heterocycles. The van der Waals surface area contributed by atoms with Crippen molar-refractivity contribution in [2.24, 2.45) is 0 Å². The number of nitrogens with two attached hydrogens (primary N) is 1. The van der Waals surface area contributed by atoms with Gasteiger partial charge in [0, 0.05) is 22.3 Å². The zero-order valence-corrected chi connectivity index (χ0v) is 17.4. The molecular formula is C22H21Cl2FN2O. The van der Waals surface area contributed by atoms with Gasteiger partial charge in [-0.05, 0) is 42.2 Å². The minimum atomic E-state index is -0.614. The maximum Gasteiger partial charge on any atom is 0.166 e. The third-order valence-corrected chi connectivity index (χ3v) is 5.27. The molecule has 3 nitrogen and oxygen atoms in total. The fraction of sp³-hybridized carbons (Fsp3) is 0.227. The third-order valence-electron chi connectivity index (χ3n) is 4.56. The highest BCUT2D eigenvalue weighted by atomic mass is 35.5. The number of nitrogen functional groups attached to an aromatic ring is 1. The van der Waals surface area contributed by atoms with E-state index < -0.39 is 11.9 Å². The molecule has 0 fully saturated rings. The van der Waals surface area contributed by atoms with Gasteiger partial charge in [-0.15, -0.1) is 0 Å². The lowest BCUT2D eigenvalue weighted by molar-refractivity contribution is 0.227. The van der Waals surface area contributed by atoms with Gasteiger partial charge in [0.05, 0.1) is 5.02 Å². The molecule has 1 aromatic heterocycles. The van der Waals surface area contributed by atoms with Crippen molar-refractivity contribution in [1.29, 1.82) is 0 Å². The highest BCUT2D eigenvalue weighted by molar-refractivity contribution is 6.36. The lowest BCUT2D eigenvalue weighted by atomic mass is 9.98. The number of benzene rings is 2. The Labute approximate surface area is 174 Å². The van der Waals surface area contributed by atoms with E-state index in [1.807, 2.05) is 18.2 Å². The van der Waals surface area contributed by atoms with Crippen LogP contribution in [0.1, 0.15) is 43.9 Å². The van der Waals surface area contributed by atoms with Gasteiger partial charge < -0.3 is 10.5 Å². The van der Waals surface area contributed by atoms with E-state index >= 15 is 0 Å². The van der Waals surface area contributed by atoms with E-state index in [0.717, 1.165) is 11.1 Å². The molecule has 28 heavy (non-hydrogen) atoms. The summed E-state index contributed by atoms with van der Waals surface area (Å²) >= 11 is 12.3. The number of nitrogens with zero attached hydrogens (tertiary/aromatic N) is 1. The predicted molar refractivity (Wildman–Crippen MR) is 114 cm³/mol.